The van der Waals surface area contributed by atoms with Gasteiger partial charge < -0.3 is 4.79 Å². The van der Waals surface area contributed by atoms with Crippen LogP contribution in [-0.4, -0.2) is 11.6 Å². The number of rotatable bonds is 3. The fourth-order valence-electron chi connectivity index (χ4n) is 1.02. The van der Waals surface area contributed by atoms with Gasteiger partial charge in [0.05, 0.1) is 0 Å². The monoisotopic (exact) mass is 226 g/mol. The molecule has 64 valence electrons. The van der Waals surface area contributed by atoms with Crippen LogP contribution in [0.4, 0.5) is 0 Å². The maximum atomic E-state index is 10.6. The van der Waals surface area contributed by atoms with Crippen molar-refractivity contribution in [2.24, 2.45) is 0 Å². The average molecular weight is 227 g/mol. The second-order valence-electron chi connectivity index (χ2n) is 2.81. The number of alkyl halides is 1. The van der Waals surface area contributed by atoms with Crippen LogP contribution in [0.1, 0.15) is 17.0 Å². The number of hydrogen-bond acceptors (Lipinski definition) is 1. The van der Waals surface area contributed by atoms with Gasteiger partial charge in [-0.3, -0.25) is 0 Å². The largest absolute Gasteiger partial charge is 0.303 e. The topological polar surface area (TPSA) is 17.1 Å². The van der Waals surface area contributed by atoms with Crippen molar-refractivity contribution in [1.82, 2.24) is 0 Å². The molecule has 1 nitrogen and oxygen atoms in total. The van der Waals surface area contributed by atoms with Crippen LogP contribution in [0.25, 0.3) is 0 Å². The summed E-state index contributed by atoms with van der Waals surface area (Å²) in [7, 11) is 0. The first-order valence-electron chi connectivity index (χ1n) is 3.85. The first kappa shape index (κ1) is 9.46. The first-order valence-corrected chi connectivity index (χ1v) is 4.98. The summed E-state index contributed by atoms with van der Waals surface area (Å²) in [6.45, 7) is 2.04. The minimum atomic E-state index is -0.00870. The normalized spacial score (nSPS) is 12.5. The van der Waals surface area contributed by atoms with Gasteiger partial charge in [0.15, 0.2) is 0 Å². The van der Waals surface area contributed by atoms with Gasteiger partial charge in [-0.1, -0.05) is 45.8 Å². The van der Waals surface area contributed by atoms with Gasteiger partial charge in [-0.05, 0) is 12.5 Å². The highest BCUT2D eigenvalue weighted by Crippen LogP contribution is 2.16. The summed E-state index contributed by atoms with van der Waals surface area (Å²) < 4.78 is 0. The van der Waals surface area contributed by atoms with E-state index in [1.807, 2.05) is 31.2 Å². The Morgan fingerprint density at radius 2 is 2.00 bits per heavy atom. The van der Waals surface area contributed by atoms with Crippen molar-refractivity contribution in [3.05, 3.63) is 35.4 Å². The Kier molecular flexibility index (Phi) is 3.48. The summed E-state index contributed by atoms with van der Waals surface area (Å²) in [5, 5.41) is 0.694. The summed E-state index contributed by atoms with van der Waals surface area (Å²) in [6.07, 6.45) is 0.972. The lowest BCUT2D eigenvalue weighted by Crippen LogP contribution is -2.00. The van der Waals surface area contributed by atoms with Gasteiger partial charge in [0, 0.05) is 11.2 Å². The van der Waals surface area contributed by atoms with E-state index in [0.717, 1.165) is 11.8 Å². The first-order chi connectivity index (χ1) is 5.77. The van der Waals surface area contributed by atoms with Crippen molar-refractivity contribution in [2.45, 2.75) is 12.8 Å². The number of halogens is 1. The van der Waals surface area contributed by atoms with E-state index in [0.29, 0.717) is 5.33 Å². The minimum absolute atomic E-state index is 0.00870. The van der Waals surface area contributed by atoms with Gasteiger partial charge in [0.2, 0.25) is 0 Å². The molecule has 1 rings (SSSR count). The van der Waals surface area contributed by atoms with Crippen LogP contribution >= 0.6 is 15.9 Å². The number of benzene rings is 1. The van der Waals surface area contributed by atoms with Crippen molar-refractivity contribution < 1.29 is 4.79 Å². The minimum Gasteiger partial charge on any atom is -0.303 e. The lowest BCUT2D eigenvalue weighted by atomic mass is 10.0. The van der Waals surface area contributed by atoms with Gasteiger partial charge in [0.25, 0.3) is 0 Å². The third-order valence-electron chi connectivity index (χ3n) is 1.84. The summed E-state index contributed by atoms with van der Waals surface area (Å²) in [5.74, 6) is -0.00870. The molecule has 0 N–H and O–H groups in total. The molecule has 0 saturated heterocycles. The molecule has 1 atom stereocenters. The lowest BCUT2D eigenvalue weighted by Gasteiger charge is -2.05. The van der Waals surface area contributed by atoms with E-state index in [9.17, 15) is 4.79 Å². The molecular formula is C10H11BrO. The molecule has 0 bridgehead atoms. The van der Waals surface area contributed by atoms with E-state index >= 15 is 0 Å². The maximum Gasteiger partial charge on any atom is 0.128 e. The Morgan fingerprint density at radius 1 is 1.42 bits per heavy atom. The molecule has 0 saturated carbocycles. The fourth-order valence-corrected chi connectivity index (χ4v) is 1.54. The predicted molar refractivity (Wildman–Crippen MR) is 53.8 cm³/mol. The predicted octanol–water partition coefficient (Wildman–Crippen LogP) is 2.67. The molecule has 0 amide bonds. The van der Waals surface area contributed by atoms with Crippen LogP contribution < -0.4 is 0 Å². The van der Waals surface area contributed by atoms with E-state index in [1.165, 1.54) is 5.56 Å². The molecular weight excluding hydrogens is 216 g/mol. The van der Waals surface area contributed by atoms with E-state index in [-0.39, 0.29) is 5.92 Å². The van der Waals surface area contributed by atoms with Gasteiger partial charge >= 0.3 is 0 Å². The molecule has 0 spiro atoms. The lowest BCUT2D eigenvalue weighted by molar-refractivity contribution is -0.108. The molecule has 0 heterocycles. The molecule has 0 aliphatic heterocycles. The highest BCUT2D eigenvalue weighted by atomic mass is 79.9. The molecule has 2 heteroatoms. The SMILES string of the molecule is Cc1ccc(C(C=O)CBr)cc1. The van der Waals surface area contributed by atoms with Crippen molar-refractivity contribution >= 4 is 22.2 Å². The summed E-state index contributed by atoms with van der Waals surface area (Å²) in [5.41, 5.74) is 2.30. The molecule has 0 aliphatic rings. The second kappa shape index (κ2) is 4.41. The molecule has 0 aliphatic carbocycles. The highest BCUT2D eigenvalue weighted by molar-refractivity contribution is 9.09. The van der Waals surface area contributed by atoms with E-state index in [4.69, 9.17) is 0 Å². The second-order valence-corrected chi connectivity index (χ2v) is 3.46. The molecule has 1 aromatic rings. The zero-order chi connectivity index (χ0) is 8.97. The van der Waals surface area contributed by atoms with Crippen molar-refractivity contribution in [3.63, 3.8) is 0 Å². The van der Waals surface area contributed by atoms with Crippen molar-refractivity contribution in [3.8, 4) is 0 Å². The number of hydrogen-bond donors (Lipinski definition) is 0. The van der Waals surface area contributed by atoms with Gasteiger partial charge in [0.1, 0.15) is 6.29 Å². The molecule has 0 fully saturated rings. The van der Waals surface area contributed by atoms with Crippen LogP contribution in [0, 0.1) is 6.92 Å². The quantitative estimate of drug-likeness (QED) is 0.573. The van der Waals surface area contributed by atoms with Crippen LogP contribution in [0.5, 0.6) is 0 Å². The number of aldehydes is 1. The standard InChI is InChI=1S/C10H11BrO/c1-8-2-4-9(5-3-8)10(6-11)7-12/h2-5,7,10H,6H2,1H3. The Hall–Kier alpha value is -0.630. The zero-order valence-corrected chi connectivity index (χ0v) is 8.54. The maximum absolute atomic E-state index is 10.6. The molecule has 1 aromatic carbocycles. The van der Waals surface area contributed by atoms with Gasteiger partial charge in [-0.25, -0.2) is 0 Å². The van der Waals surface area contributed by atoms with Crippen LogP contribution in [0.2, 0.25) is 0 Å². The third-order valence-corrected chi connectivity index (χ3v) is 2.53. The van der Waals surface area contributed by atoms with Crippen molar-refractivity contribution in [2.75, 3.05) is 5.33 Å². The average Bonchev–Trinajstić information content (AvgIpc) is 2.10. The molecule has 1 unspecified atom stereocenters. The Labute approximate surface area is 80.9 Å². The highest BCUT2D eigenvalue weighted by Gasteiger charge is 2.06. The van der Waals surface area contributed by atoms with Crippen LogP contribution in [-0.2, 0) is 4.79 Å². The van der Waals surface area contributed by atoms with Gasteiger partial charge in [-0.2, -0.15) is 0 Å². The number of carbonyl (C=O) groups is 1. The molecule has 0 radical (unpaired) electrons. The molecule has 12 heavy (non-hydrogen) atoms. The van der Waals surface area contributed by atoms with Crippen molar-refractivity contribution in [1.29, 1.82) is 0 Å². The third kappa shape index (κ3) is 2.18. The number of carbonyl (C=O) groups excluding carboxylic acids is 1. The van der Waals surface area contributed by atoms with E-state index in [2.05, 4.69) is 15.9 Å². The fraction of sp³-hybridized carbons (Fsp3) is 0.300. The molecule has 0 aromatic heterocycles. The summed E-state index contributed by atoms with van der Waals surface area (Å²) in [4.78, 5) is 10.6. The van der Waals surface area contributed by atoms with E-state index < -0.39 is 0 Å². The Morgan fingerprint density at radius 3 is 2.42 bits per heavy atom. The number of aryl methyl sites for hydroxylation is 1. The van der Waals surface area contributed by atoms with Gasteiger partial charge in [-0.15, -0.1) is 0 Å². The summed E-state index contributed by atoms with van der Waals surface area (Å²) >= 11 is 3.30. The Balaban J connectivity index is 2.87. The zero-order valence-electron chi connectivity index (χ0n) is 6.96. The Bertz CT molecular complexity index is 253. The van der Waals surface area contributed by atoms with Crippen LogP contribution in [0.3, 0.4) is 0 Å². The van der Waals surface area contributed by atoms with E-state index in [1.54, 1.807) is 0 Å². The van der Waals surface area contributed by atoms with Crippen LogP contribution in [0.15, 0.2) is 24.3 Å². The smallest absolute Gasteiger partial charge is 0.128 e. The summed E-state index contributed by atoms with van der Waals surface area (Å²) in [6, 6.07) is 8.04.